The maximum Gasteiger partial charge on any atom is 0.272 e. The lowest BCUT2D eigenvalue weighted by molar-refractivity contribution is 0.0686. The van der Waals surface area contributed by atoms with Gasteiger partial charge in [-0.1, -0.05) is 0 Å². The zero-order chi connectivity index (χ0) is 19.1. The van der Waals surface area contributed by atoms with E-state index in [1.807, 2.05) is 13.8 Å². The van der Waals surface area contributed by atoms with Crippen molar-refractivity contribution >= 4 is 15.9 Å². The van der Waals surface area contributed by atoms with Crippen molar-refractivity contribution in [3.05, 3.63) is 29.3 Å². The van der Waals surface area contributed by atoms with Crippen molar-refractivity contribution in [2.24, 2.45) is 7.05 Å². The highest BCUT2D eigenvalue weighted by Crippen LogP contribution is 2.21. The standard InChI is InChI=1S/C16H24N6O3S/c1-5-21-11-15(13(3)18-21)26(24,25)22-8-6-20(7-9-22)16(23)14-10-12(2)17-19(14)4/h10-11H,5-9H2,1-4H3. The minimum atomic E-state index is -3.61. The van der Waals surface area contributed by atoms with Crippen LogP contribution in [0.5, 0.6) is 0 Å². The molecular weight excluding hydrogens is 356 g/mol. The fraction of sp³-hybridized carbons (Fsp3) is 0.562. The first-order valence-corrected chi connectivity index (χ1v) is 10.0. The number of aryl methyl sites for hydroxylation is 4. The van der Waals surface area contributed by atoms with Gasteiger partial charge in [-0.2, -0.15) is 14.5 Å². The normalized spacial score (nSPS) is 16.2. The van der Waals surface area contributed by atoms with Crippen LogP contribution in [0.15, 0.2) is 17.2 Å². The van der Waals surface area contributed by atoms with E-state index in [0.29, 0.717) is 31.0 Å². The molecule has 0 N–H and O–H groups in total. The Morgan fingerprint density at radius 3 is 2.31 bits per heavy atom. The number of hydrogen-bond acceptors (Lipinski definition) is 5. The average molecular weight is 380 g/mol. The van der Waals surface area contributed by atoms with Gasteiger partial charge in [-0.05, 0) is 26.8 Å². The maximum absolute atomic E-state index is 12.9. The summed E-state index contributed by atoms with van der Waals surface area (Å²) in [7, 11) is -1.87. The van der Waals surface area contributed by atoms with Gasteiger partial charge in [-0.3, -0.25) is 14.2 Å². The number of carbonyl (C=O) groups excluding carboxylic acids is 1. The molecule has 0 bridgehead atoms. The SMILES string of the molecule is CCn1cc(S(=O)(=O)N2CCN(C(=O)c3cc(C)nn3C)CC2)c(C)n1. The number of amides is 1. The zero-order valence-electron chi connectivity index (χ0n) is 15.5. The van der Waals surface area contributed by atoms with Crippen LogP contribution in [-0.4, -0.2) is 69.3 Å². The number of piperazine rings is 1. The third-order valence-electron chi connectivity index (χ3n) is 4.59. The minimum Gasteiger partial charge on any atom is -0.335 e. The fourth-order valence-electron chi connectivity index (χ4n) is 3.16. The van der Waals surface area contributed by atoms with Crippen LogP contribution in [-0.2, 0) is 23.6 Å². The first-order chi connectivity index (χ1) is 12.2. The van der Waals surface area contributed by atoms with Crippen LogP contribution in [0.1, 0.15) is 28.8 Å². The van der Waals surface area contributed by atoms with Crippen molar-refractivity contribution in [1.82, 2.24) is 28.8 Å². The monoisotopic (exact) mass is 380 g/mol. The summed E-state index contributed by atoms with van der Waals surface area (Å²) in [5.41, 5.74) is 1.79. The molecule has 26 heavy (non-hydrogen) atoms. The maximum atomic E-state index is 12.9. The summed E-state index contributed by atoms with van der Waals surface area (Å²) < 4.78 is 30.4. The molecule has 0 saturated carbocycles. The van der Waals surface area contributed by atoms with Gasteiger partial charge in [0, 0.05) is 46.0 Å². The summed E-state index contributed by atoms with van der Waals surface area (Å²) in [5, 5.41) is 8.42. The quantitative estimate of drug-likeness (QED) is 0.765. The number of hydrogen-bond donors (Lipinski definition) is 0. The van der Waals surface area contributed by atoms with Crippen molar-refractivity contribution in [2.45, 2.75) is 32.2 Å². The van der Waals surface area contributed by atoms with Crippen molar-refractivity contribution in [1.29, 1.82) is 0 Å². The molecule has 0 aliphatic carbocycles. The Labute approximate surface area is 153 Å². The minimum absolute atomic E-state index is 0.125. The van der Waals surface area contributed by atoms with E-state index < -0.39 is 10.0 Å². The van der Waals surface area contributed by atoms with E-state index in [4.69, 9.17) is 0 Å². The largest absolute Gasteiger partial charge is 0.335 e. The molecule has 3 rings (SSSR count). The first-order valence-electron chi connectivity index (χ1n) is 8.58. The summed E-state index contributed by atoms with van der Waals surface area (Å²) in [6.07, 6.45) is 1.57. The van der Waals surface area contributed by atoms with Crippen molar-refractivity contribution in [2.75, 3.05) is 26.2 Å². The average Bonchev–Trinajstić information content (AvgIpc) is 3.16. The number of rotatable bonds is 4. The van der Waals surface area contributed by atoms with Gasteiger partial charge in [0.1, 0.15) is 10.6 Å². The van der Waals surface area contributed by atoms with Crippen LogP contribution in [0.3, 0.4) is 0 Å². The zero-order valence-corrected chi connectivity index (χ0v) is 16.3. The van der Waals surface area contributed by atoms with Gasteiger partial charge in [0.15, 0.2) is 0 Å². The van der Waals surface area contributed by atoms with Crippen molar-refractivity contribution in [3.8, 4) is 0 Å². The molecule has 0 radical (unpaired) electrons. The highest BCUT2D eigenvalue weighted by atomic mass is 32.2. The number of nitrogens with zero attached hydrogens (tertiary/aromatic N) is 6. The van der Waals surface area contributed by atoms with Crippen LogP contribution in [0.4, 0.5) is 0 Å². The molecule has 142 valence electrons. The van der Waals surface area contributed by atoms with Gasteiger partial charge in [0.05, 0.1) is 11.4 Å². The van der Waals surface area contributed by atoms with E-state index in [9.17, 15) is 13.2 Å². The molecule has 9 nitrogen and oxygen atoms in total. The molecule has 1 amide bonds. The lowest BCUT2D eigenvalue weighted by Crippen LogP contribution is -2.50. The summed E-state index contributed by atoms with van der Waals surface area (Å²) in [6, 6.07) is 1.74. The van der Waals surface area contributed by atoms with Crippen LogP contribution in [0.2, 0.25) is 0 Å². The van der Waals surface area contributed by atoms with E-state index >= 15 is 0 Å². The third-order valence-corrected chi connectivity index (χ3v) is 6.59. The lowest BCUT2D eigenvalue weighted by atomic mass is 10.3. The summed E-state index contributed by atoms with van der Waals surface area (Å²) in [5.74, 6) is -0.125. The van der Waals surface area contributed by atoms with Gasteiger partial charge >= 0.3 is 0 Å². The predicted octanol–water partition coefficient (Wildman–Crippen LogP) is 0.400. The van der Waals surface area contributed by atoms with Gasteiger partial charge < -0.3 is 4.90 Å². The van der Waals surface area contributed by atoms with E-state index in [1.54, 1.807) is 40.5 Å². The van der Waals surface area contributed by atoms with Crippen LogP contribution >= 0.6 is 0 Å². The number of sulfonamides is 1. The van der Waals surface area contributed by atoms with E-state index in [-0.39, 0.29) is 23.9 Å². The van der Waals surface area contributed by atoms with Crippen LogP contribution in [0, 0.1) is 13.8 Å². The molecule has 1 aliphatic heterocycles. The summed E-state index contributed by atoms with van der Waals surface area (Å²) in [4.78, 5) is 14.5. The molecule has 0 spiro atoms. The molecule has 1 fully saturated rings. The van der Waals surface area contributed by atoms with Crippen molar-refractivity contribution < 1.29 is 13.2 Å². The molecule has 1 aliphatic rings. The highest BCUT2D eigenvalue weighted by Gasteiger charge is 2.33. The molecule has 2 aromatic heterocycles. The topological polar surface area (TPSA) is 93.3 Å². The summed E-state index contributed by atoms with van der Waals surface area (Å²) >= 11 is 0. The van der Waals surface area contributed by atoms with Crippen LogP contribution in [0.25, 0.3) is 0 Å². The molecule has 10 heteroatoms. The molecule has 2 aromatic rings. The lowest BCUT2D eigenvalue weighted by Gasteiger charge is -2.33. The Bertz CT molecular complexity index is 922. The summed E-state index contributed by atoms with van der Waals surface area (Å²) in [6.45, 7) is 7.29. The van der Waals surface area contributed by atoms with Crippen molar-refractivity contribution in [3.63, 3.8) is 0 Å². The smallest absolute Gasteiger partial charge is 0.272 e. The Kier molecular flexibility index (Phi) is 4.89. The molecule has 0 atom stereocenters. The van der Waals surface area contributed by atoms with Gasteiger partial charge in [0.2, 0.25) is 10.0 Å². The Hall–Kier alpha value is -2.20. The molecule has 1 saturated heterocycles. The van der Waals surface area contributed by atoms with E-state index in [2.05, 4.69) is 10.2 Å². The second-order valence-electron chi connectivity index (χ2n) is 6.43. The molecule has 3 heterocycles. The van der Waals surface area contributed by atoms with Gasteiger partial charge in [0.25, 0.3) is 5.91 Å². The predicted molar refractivity (Wildman–Crippen MR) is 95.2 cm³/mol. The van der Waals surface area contributed by atoms with E-state index in [1.165, 1.54) is 4.31 Å². The fourth-order valence-corrected chi connectivity index (χ4v) is 4.75. The number of carbonyl (C=O) groups is 1. The molecular formula is C16H24N6O3S. The highest BCUT2D eigenvalue weighted by molar-refractivity contribution is 7.89. The van der Waals surface area contributed by atoms with Gasteiger partial charge in [-0.25, -0.2) is 8.42 Å². The second-order valence-corrected chi connectivity index (χ2v) is 8.33. The molecule has 0 unspecified atom stereocenters. The van der Waals surface area contributed by atoms with E-state index in [0.717, 1.165) is 5.69 Å². The second kappa shape index (κ2) is 6.84. The molecule has 0 aromatic carbocycles. The Balaban J connectivity index is 1.72. The Morgan fingerprint density at radius 2 is 1.81 bits per heavy atom. The van der Waals surface area contributed by atoms with Gasteiger partial charge in [-0.15, -0.1) is 0 Å². The Morgan fingerprint density at radius 1 is 1.15 bits per heavy atom. The third kappa shape index (κ3) is 3.26. The van der Waals surface area contributed by atoms with Crippen LogP contribution < -0.4 is 0 Å². The first kappa shape index (κ1) is 18.6. The number of aromatic nitrogens is 4.